The van der Waals surface area contributed by atoms with Crippen LogP contribution in [0.1, 0.15) is 6.92 Å². The van der Waals surface area contributed by atoms with Crippen molar-refractivity contribution in [3.63, 3.8) is 0 Å². The monoisotopic (exact) mass is 284 g/mol. The van der Waals surface area contributed by atoms with Crippen LogP contribution in [0.3, 0.4) is 0 Å². The number of carboxylic acid groups (broad SMARTS) is 1. The van der Waals surface area contributed by atoms with Gasteiger partial charge in [-0.25, -0.2) is 4.79 Å². The molecule has 1 rings (SSSR count). The van der Waals surface area contributed by atoms with Crippen molar-refractivity contribution in [3.05, 3.63) is 35.3 Å². The van der Waals surface area contributed by atoms with E-state index in [4.69, 9.17) is 24.1 Å². The number of rotatable bonds is 6. The fraction of sp³-hybridized carbons (Fsp3) is 0.500. The zero-order chi connectivity index (χ0) is 15.3. The van der Waals surface area contributed by atoms with Crippen molar-refractivity contribution in [2.75, 3.05) is 28.4 Å². The fourth-order valence-electron chi connectivity index (χ4n) is 2.32. The Morgan fingerprint density at radius 1 is 1.30 bits per heavy atom. The van der Waals surface area contributed by atoms with E-state index in [1.807, 2.05) is 6.92 Å². The number of carboxylic acids is 1. The Labute approximate surface area is 118 Å². The van der Waals surface area contributed by atoms with Crippen LogP contribution in [0.2, 0.25) is 0 Å². The Morgan fingerprint density at radius 3 is 2.35 bits per heavy atom. The number of allylic oxidation sites excluding steroid dienone is 1. The summed E-state index contributed by atoms with van der Waals surface area (Å²) in [4.78, 5) is 10.8. The van der Waals surface area contributed by atoms with Crippen LogP contribution in [0.4, 0.5) is 0 Å². The van der Waals surface area contributed by atoms with Gasteiger partial charge in [0.25, 0.3) is 0 Å². The van der Waals surface area contributed by atoms with E-state index < -0.39 is 17.7 Å². The first-order valence-corrected chi connectivity index (χ1v) is 5.97. The van der Waals surface area contributed by atoms with Crippen LogP contribution in [0.25, 0.3) is 0 Å². The molecular weight excluding hydrogens is 264 g/mol. The molecule has 0 fully saturated rings. The maximum atomic E-state index is 10.8. The summed E-state index contributed by atoms with van der Waals surface area (Å²) in [5.41, 5.74) is -0.292. The molecule has 6 heteroatoms. The molecule has 2 atom stereocenters. The van der Waals surface area contributed by atoms with E-state index in [0.717, 1.165) is 11.6 Å². The van der Waals surface area contributed by atoms with Crippen LogP contribution >= 0.6 is 0 Å². The van der Waals surface area contributed by atoms with Gasteiger partial charge in [-0.1, -0.05) is 0 Å². The third-order valence-electron chi connectivity index (χ3n) is 3.17. The molecule has 0 saturated carbocycles. The average Bonchev–Trinajstić information content (AvgIpc) is 2.43. The maximum Gasteiger partial charge on any atom is 0.328 e. The highest BCUT2D eigenvalue weighted by Gasteiger charge is 2.44. The third kappa shape index (κ3) is 2.86. The van der Waals surface area contributed by atoms with Crippen molar-refractivity contribution in [2.45, 2.75) is 18.6 Å². The predicted molar refractivity (Wildman–Crippen MR) is 72.1 cm³/mol. The van der Waals surface area contributed by atoms with Crippen molar-refractivity contribution in [2.24, 2.45) is 0 Å². The molecule has 0 radical (unpaired) electrons. The molecule has 0 aromatic heterocycles. The van der Waals surface area contributed by atoms with Crippen LogP contribution in [0.15, 0.2) is 35.3 Å². The minimum absolute atomic E-state index is 0.451. The highest BCUT2D eigenvalue weighted by molar-refractivity contribution is 5.80. The number of carbonyl (C=O) groups is 1. The van der Waals surface area contributed by atoms with E-state index in [1.54, 1.807) is 6.08 Å². The number of hydrogen-bond donors (Lipinski definition) is 1. The van der Waals surface area contributed by atoms with E-state index in [1.165, 1.54) is 34.5 Å². The second-order valence-corrected chi connectivity index (χ2v) is 4.27. The molecule has 6 nitrogen and oxygen atoms in total. The quantitative estimate of drug-likeness (QED) is 0.745. The van der Waals surface area contributed by atoms with E-state index in [2.05, 4.69) is 0 Å². The summed E-state index contributed by atoms with van der Waals surface area (Å²) in [6.45, 7) is 1.83. The Bertz CT molecular complexity index is 462. The summed E-state index contributed by atoms with van der Waals surface area (Å²) in [5, 5.41) is 8.83. The normalized spacial score (nSPS) is 26.6. The molecule has 1 aliphatic carbocycles. The van der Waals surface area contributed by atoms with E-state index in [9.17, 15) is 4.79 Å². The first-order chi connectivity index (χ1) is 9.45. The summed E-state index contributed by atoms with van der Waals surface area (Å²) < 4.78 is 21.6. The third-order valence-corrected chi connectivity index (χ3v) is 3.17. The summed E-state index contributed by atoms with van der Waals surface area (Å²) in [6, 6.07) is 0. The number of aliphatic carboxylic acids is 1. The van der Waals surface area contributed by atoms with Gasteiger partial charge in [-0.05, 0) is 24.6 Å². The second-order valence-electron chi connectivity index (χ2n) is 4.27. The predicted octanol–water partition coefficient (Wildman–Crippen LogP) is 1.49. The molecular formula is C14H20O6. The maximum absolute atomic E-state index is 10.8. The molecule has 0 saturated heterocycles. The summed E-state index contributed by atoms with van der Waals surface area (Å²) >= 11 is 0. The minimum Gasteiger partial charge on any atom is -0.494 e. The molecule has 1 aliphatic rings. The first-order valence-electron chi connectivity index (χ1n) is 5.97. The second kappa shape index (κ2) is 6.58. The zero-order valence-corrected chi connectivity index (χ0v) is 12.3. The van der Waals surface area contributed by atoms with E-state index in [-0.39, 0.29) is 0 Å². The zero-order valence-electron chi connectivity index (χ0n) is 12.3. The van der Waals surface area contributed by atoms with Crippen LogP contribution in [-0.2, 0) is 23.7 Å². The lowest BCUT2D eigenvalue weighted by molar-refractivity contribution is -0.131. The number of methoxy groups -OCH3 is 4. The van der Waals surface area contributed by atoms with Gasteiger partial charge in [0.15, 0.2) is 17.6 Å². The molecule has 0 spiro atoms. The average molecular weight is 284 g/mol. The van der Waals surface area contributed by atoms with Crippen molar-refractivity contribution in [1.29, 1.82) is 0 Å². The highest BCUT2D eigenvalue weighted by Crippen LogP contribution is 2.37. The van der Waals surface area contributed by atoms with Gasteiger partial charge in [-0.3, -0.25) is 0 Å². The lowest BCUT2D eigenvalue weighted by Crippen LogP contribution is -2.46. The Morgan fingerprint density at radius 2 is 1.95 bits per heavy atom. The van der Waals surface area contributed by atoms with Crippen molar-refractivity contribution < 1.29 is 28.8 Å². The topological polar surface area (TPSA) is 74.2 Å². The summed E-state index contributed by atoms with van der Waals surface area (Å²) in [7, 11) is 6.01. The van der Waals surface area contributed by atoms with Gasteiger partial charge in [0, 0.05) is 20.3 Å². The molecule has 20 heavy (non-hydrogen) atoms. The number of hydrogen-bond acceptors (Lipinski definition) is 5. The van der Waals surface area contributed by atoms with E-state index >= 15 is 0 Å². The van der Waals surface area contributed by atoms with Crippen LogP contribution < -0.4 is 0 Å². The lowest BCUT2D eigenvalue weighted by atomic mass is 9.86. The van der Waals surface area contributed by atoms with Gasteiger partial charge >= 0.3 is 5.97 Å². The Hall–Kier alpha value is -1.79. The van der Waals surface area contributed by atoms with Crippen molar-refractivity contribution in [3.8, 4) is 0 Å². The smallest absolute Gasteiger partial charge is 0.328 e. The standard InChI is InChI=1S/C14H20O6/c1-9-8-14(20-5,7-6-10(15)16)13(19-4)12(18-3)11(9)17-2/h6-8,13H,1-5H3,(H,15,16). The van der Waals surface area contributed by atoms with Crippen molar-refractivity contribution in [1.82, 2.24) is 0 Å². The van der Waals surface area contributed by atoms with Gasteiger partial charge in [-0.15, -0.1) is 0 Å². The summed E-state index contributed by atoms with van der Waals surface area (Å²) in [5.74, 6) is -0.0644. The lowest BCUT2D eigenvalue weighted by Gasteiger charge is -2.38. The van der Waals surface area contributed by atoms with Gasteiger partial charge < -0.3 is 24.1 Å². The molecule has 0 amide bonds. The Balaban J connectivity index is 3.40. The van der Waals surface area contributed by atoms with Crippen molar-refractivity contribution >= 4 is 5.97 Å². The highest BCUT2D eigenvalue weighted by atomic mass is 16.6. The number of ether oxygens (including phenoxy) is 4. The van der Waals surface area contributed by atoms with Gasteiger partial charge in [0.2, 0.25) is 0 Å². The Kier molecular flexibility index (Phi) is 5.35. The minimum atomic E-state index is -1.07. The molecule has 112 valence electrons. The van der Waals surface area contributed by atoms with Crippen LogP contribution in [-0.4, -0.2) is 51.2 Å². The SMILES string of the molecule is COC1=C(OC)C(OC)C(C=CC(=O)O)(OC)C=C1C. The van der Waals surface area contributed by atoms with Gasteiger partial charge in [-0.2, -0.15) is 0 Å². The molecule has 0 aromatic rings. The fourth-order valence-corrected chi connectivity index (χ4v) is 2.32. The molecule has 0 aliphatic heterocycles. The van der Waals surface area contributed by atoms with Crippen LogP contribution in [0.5, 0.6) is 0 Å². The molecule has 2 unspecified atom stereocenters. The van der Waals surface area contributed by atoms with Crippen LogP contribution in [0, 0.1) is 0 Å². The molecule has 0 bridgehead atoms. The molecule has 0 heterocycles. The molecule has 0 aromatic carbocycles. The molecule has 1 N–H and O–H groups in total. The first kappa shape index (κ1) is 16.3. The van der Waals surface area contributed by atoms with Gasteiger partial charge in [0.05, 0.1) is 14.2 Å². The van der Waals surface area contributed by atoms with E-state index in [0.29, 0.717) is 11.5 Å². The summed E-state index contributed by atoms with van der Waals surface area (Å²) in [6.07, 6.45) is 3.55. The van der Waals surface area contributed by atoms with Gasteiger partial charge in [0.1, 0.15) is 5.60 Å². The largest absolute Gasteiger partial charge is 0.494 e.